The van der Waals surface area contributed by atoms with E-state index in [0.29, 0.717) is 30.1 Å². The lowest BCUT2D eigenvalue weighted by Gasteiger charge is -2.04. The highest BCUT2D eigenvalue weighted by Gasteiger charge is 2.10. The molecular weight excluding hydrogens is 365 g/mol. The predicted molar refractivity (Wildman–Crippen MR) is 103 cm³/mol. The second-order valence-electron chi connectivity index (χ2n) is 5.87. The number of nitrogens with one attached hydrogen (secondary N) is 2. The molecule has 0 spiro atoms. The van der Waals surface area contributed by atoms with Crippen LogP contribution in [0.2, 0.25) is 0 Å². The minimum absolute atomic E-state index is 0.0521. The molecule has 1 heterocycles. The van der Waals surface area contributed by atoms with E-state index in [-0.39, 0.29) is 11.8 Å². The van der Waals surface area contributed by atoms with Gasteiger partial charge in [-0.3, -0.25) is 14.9 Å². The fraction of sp³-hybridized carbons (Fsp3) is 0.150. The van der Waals surface area contributed by atoms with Crippen LogP contribution in [-0.2, 0) is 17.8 Å². The third kappa shape index (κ3) is 5.72. The number of amides is 2. The van der Waals surface area contributed by atoms with Crippen LogP contribution in [0.1, 0.15) is 28.0 Å². The summed E-state index contributed by atoms with van der Waals surface area (Å²) in [5, 5.41) is 7.81. The first-order valence-electron chi connectivity index (χ1n) is 8.42. The maximum Gasteiger partial charge on any atom is 0.257 e. The van der Waals surface area contributed by atoms with Gasteiger partial charge in [0, 0.05) is 23.9 Å². The molecule has 5 nitrogen and oxygen atoms in total. The molecule has 0 unspecified atom stereocenters. The molecule has 138 valence electrons. The number of thiazole rings is 1. The molecule has 0 bridgehead atoms. The normalized spacial score (nSPS) is 10.4. The number of aryl methyl sites for hydroxylation is 1. The molecule has 0 aliphatic heterocycles. The minimum atomic E-state index is -0.395. The molecule has 0 aliphatic carbocycles. The molecule has 0 atom stereocenters. The molecule has 27 heavy (non-hydrogen) atoms. The summed E-state index contributed by atoms with van der Waals surface area (Å²) in [4.78, 5) is 28.4. The maximum atomic E-state index is 12.9. The van der Waals surface area contributed by atoms with Crippen LogP contribution in [0.15, 0.2) is 60.0 Å². The Morgan fingerprint density at radius 1 is 1.04 bits per heavy atom. The van der Waals surface area contributed by atoms with E-state index in [1.54, 1.807) is 0 Å². The van der Waals surface area contributed by atoms with Gasteiger partial charge in [0.25, 0.3) is 5.91 Å². The number of aromatic nitrogens is 1. The molecule has 0 radical (unpaired) electrons. The highest BCUT2D eigenvalue weighted by Crippen LogP contribution is 2.17. The molecule has 3 rings (SSSR count). The lowest BCUT2D eigenvalue weighted by atomic mass is 10.2. The van der Waals surface area contributed by atoms with E-state index in [4.69, 9.17) is 0 Å². The van der Waals surface area contributed by atoms with Crippen LogP contribution >= 0.6 is 11.3 Å². The van der Waals surface area contributed by atoms with E-state index < -0.39 is 5.82 Å². The number of rotatable bonds is 7. The van der Waals surface area contributed by atoms with Gasteiger partial charge in [0.2, 0.25) is 5.91 Å². The summed E-state index contributed by atoms with van der Waals surface area (Å²) in [5.74, 6) is -0.797. The number of benzene rings is 2. The van der Waals surface area contributed by atoms with Crippen molar-refractivity contribution in [3.63, 3.8) is 0 Å². The van der Waals surface area contributed by atoms with Gasteiger partial charge in [0.05, 0.1) is 5.69 Å². The van der Waals surface area contributed by atoms with E-state index in [2.05, 4.69) is 15.6 Å². The van der Waals surface area contributed by atoms with Crippen LogP contribution in [0.4, 0.5) is 9.52 Å². The van der Waals surface area contributed by atoms with Crippen LogP contribution in [0.5, 0.6) is 0 Å². The number of nitrogens with zero attached hydrogens (tertiary/aromatic N) is 1. The number of anilines is 1. The lowest BCUT2D eigenvalue weighted by molar-refractivity contribution is -0.121. The molecule has 0 saturated carbocycles. The van der Waals surface area contributed by atoms with Crippen molar-refractivity contribution in [2.24, 2.45) is 0 Å². The number of halogens is 1. The quantitative estimate of drug-likeness (QED) is 0.652. The van der Waals surface area contributed by atoms with Crippen molar-refractivity contribution >= 4 is 28.3 Å². The van der Waals surface area contributed by atoms with E-state index in [9.17, 15) is 14.0 Å². The molecule has 1 aromatic heterocycles. The van der Waals surface area contributed by atoms with Gasteiger partial charge in [-0.05, 0) is 36.2 Å². The lowest BCUT2D eigenvalue weighted by Crippen LogP contribution is -2.23. The molecule has 0 saturated heterocycles. The number of carbonyl (C=O) groups excluding carboxylic acids is 2. The van der Waals surface area contributed by atoms with Crippen molar-refractivity contribution in [3.8, 4) is 0 Å². The van der Waals surface area contributed by atoms with Gasteiger partial charge < -0.3 is 5.32 Å². The zero-order chi connectivity index (χ0) is 19.1. The van der Waals surface area contributed by atoms with Gasteiger partial charge in [0.1, 0.15) is 5.82 Å². The summed E-state index contributed by atoms with van der Waals surface area (Å²) in [6.07, 6.45) is 0.811. The molecule has 2 amide bonds. The largest absolute Gasteiger partial charge is 0.352 e. The summed E-state index contributed by atoms with van der Waals surface area (Å²) in [5.41, 5.74) is 2.14. The summed E-state index contributed by atoms with van der Waals surface area (Å²) in [7, 11) is 0. The smallest absolute Gasteiger partial charge is 0.257 e. The Balaban J connectivity index is 1.45. The molecular formula is C20H18FN3O2S. The fourth-order valence-corrected chi connectivity index (χ4v) is 3.12. The van der Waals surface area contributed by atoms with Crippen molar-refractivity contribution in [2.45, 2.75) is 19.4 Å². The van der Waals surface area contributed by atoms with Gasteiger partial charge in [0.15, 0.2) is 5.13 Å². The number of hydrogen-bond acceptors (Lipinski definition) is 4. The van der Waals surface area contributed by atoms with Crippen LogP contribution in [0, 0.1) is 5.82 Å². The molecule has 0 fully saturated rings. The van der Waals surface area contributed by atoms with E-state index in [1.807, 2.05) is 35.7 Å². The monoisotopic (exact) mass is 383 g/mol. The first-order chi connectivity index (χ1) is 13.1. The molecule has 0 aliphatic rings. The Hall–Kier alpha value is -3.06. The first-order valence-corrected chi connectivity index (χ1v) is 9.30. The number of carbonyl (C=O) groups is 2. The van der Waals surface area contributed by atoms with Gasteiger partial charge in [-0.15, -0.1) is 11.3 Å². The molecule has 7 heteroatoms. The van der Waals surface area contributed by atoms with Crippen LogP contribution in [0.25, 0.3) is 0 Å². The van der Waals surface area contributed by atoms with Crippen molar-refractivity contribution in [2.75, 3.05) is 5.32 Å². The second kappa shape index (κ2) is 9.05. The average Bonchev–Trinajstić information content (AvgIpc) is 3.13. The van der Waals surface area contributed by atoms with Crippen LogP contribution < -0.4 is 10.6 Å². The zero-order valence-electron chi connectivity index (χ0n) is 14.4. The first kappa shape index (κ1) is 18.7. The van der Waals surface area contributed by atoms with Crippen molar-refractivity contribution in [1.82, 2.24) is 10.3 Å². The third-order valence-corrected chi connectivity index (χ3v) is 4.63. The Kier molecular flexibility index (Phi) is 6.27. The minimum Gasteiger partial charge on any atom is -0.352 e. The van der Waals surface area contributed by atoms with Gasteiger partial charge in [-0.1, -0.05) is 30.3 Å². The second-order valence-corrected chi connectivity index (χ2v) is 6.73. The Bertz CT molecular complexity index is 910. The average molecular weight is 383 g/mol. The SMILES string of the molecule is O=C(CCc1csc(NC(=O)c2ccc(F)cc2)n1)NCc1ccccc1. The van der Waals surface area contributed by atoms with E-state index in [1.165, 1.54) is 35.6 Å². The summed E-state index contributed by atoms with van der Waals surface area (Å²) >= 11 is 1.29. The Morgan fingerprint density at radius 3 is 2.52 bits per heavy atom. The van der Waals surface area contributed by atoms with Gasteiger partial charge in [-0.25, -0.2) is 9.37 Å². The summed E-state index contributed by atoms with van der Waals surface area (Å²) < 4.78 is 12.9. The standard InChI is InChI=1S/C20H18FN3O2S/c21-16-8-6-15(7-9-16)19(26)24-20-23-17(13-27-20)10-11-18(25)22-12-14-4-2-1-3-5-14/h1-9,13H,10-12H2,(H,22,25)(H,23,24,26). The van der Waals surface area contributed by atoms with Crippen molar-refractivity contribution in [3.05, 3.63) is 82.6 Å². The molecule has 2 aromatic carbocycles. The fourth-order valence-electron chi connectivity index (χ4n) is 2.38. The zero-order valence-corrected chi connectivity index (χ0v) is 15.3. The van der Waals surface area contributed by atoms with Crippen molar-refractivity contribution < 1.29 is 14.0 Å². The van der Waals surface area contributed by atoms with Crippen molar-refractivity contribution in [1.29, 1.82) is 0 Å². The van der Waals surface area contributed by atoms with Crippen LogP contribution in [0.3, 0.4) is 0 Å². The Labute approximate surface area is 160 Å². The number of hydrogen-bond donors (Lipinski definition) is 2. The summed E-state index contributed by atoms with van der Waals surface area (Å²) in [6, 6.07) is 15.0. The molecule has 3 aromatic rings. The van der Waals surface area contributed by atoms with Gasteiger partial charge >= 0.3 is 0 Å². The highest BCUT2D eigenvalue weighted by molar-refractivity contribution is 7.14. The summed E-state index contributed by atoms with van der Waals surface area (Å²) in [6.45, 7) is 0.496. The van der Waals surface area contributed by atoms with Gasteiger partial charge in [-0.2, -0.15) is 0 Å². The maximum absolute atomic E-state index is 12.9. The molecule has 2 N–H and O–H groups in total. The Morgan fingerprint density at radius 2 is 1.78 bits per heavy atom. The highest BCUT2D eigenvalue weighted by atomic mass is 32.1. The van der Waals surface area contributed by atoms with E-state index in [0.717, 1.165) is 11.3 Å². The topological polar surface area (TPSA) is 71.1 Å². The van der Waals surface area contributed by atoms with E-state index >= 15 is 0 Å². The third-order valence-electron chi connectivity index (χ3n) is 3.82. The predicted octanol–water partition coefficient (Wildman–Crippen LogP) is 3.78. The van der Waals surface area contributed by atoms with Crippen LogP contribution in [-0.4, -0.2) is 16.8 Å².